The third-order valence-corrected chi connectivity index (χ3v) is 6.07. The molecule has 0 saturated carbocycles. The first-order valence-corrected chi connectivity index (χ1v) is 11.9. The highest BCUT2D eigenvalue weighted by Gasteiger charge is 2.18. The molecule has 38 heavy (non-hydrogen) atoms. The zero-order chi connectivity index (χ0) is 27.1. The molecular formula is C27H22N2O8S. The van der Waals surface area contributed by atoms with Gasteiger partial charge in [-0.1, -0.05) is 30.3 Å². The molecule has 4 aromatic rings. The van der Waals surface area contributed by atoms with Crippen molar-refractivity contribution in [3.05, 3.63) is 88.3 Å². The van der Waals surface area contributed by atoms with E-state index in [1.165, 1.54) is 32.4 Å². The number of ether oxygens (including phenoxy) is 3. The summed E-state index contributed by atoms with van der Waals surface area (Å²) in [6.45, 7) is 0.164. The Balaban J connectivity index is 1.53. The summed E-state index contributed by atoms with van der Waals surface area (Å²) in [5.41, 5.74) is 2.01. The number of carboxylic acids is 2. The number of rotatable bonds is 11. The van der Waals surface area contributed by atoms with Crippen molar-refractivity contribution in [2.75, 3.05) is 14.2 Å². The SMILES string of the molecule is COc1cc(OC)cc(-c2nnc(S/C(=C\c3ccccc3OCc3ccc(C(=O)O)cc3)C(=O)O)o2)c1. The summed E-state index contributed by atoms with van der Waals surface area (Å²) in [7, 11) is 3.04. The second-order valence-corrected chi connectivity index (χ2v) is 8.71. The van der Waals surface area contributed by atoms with Crippen molar-refractivity contribution in [3.8, 4) is 28.7 Å². The van der Waals surface area contributed by atoms with Gasteiger partial charge in [0.25, 0.3) is 5.22 Å². The summed E-state index contributed by atoms with van der Waals surface area (Å²) in [6.07, 6.45) is 1.45. The van der Waals surface area contributed by atoms with E-state index in [2.05, 4.69) is 10.2 Å². The van der Waals surface area contributed by atoms with Crippen molar-refractivity contribution in [3.63, 3.8) is 0 Å². The van der Waals surface area contributed by atoms with Gasteiger partial charge in [0, 0.05) is 17.2 Å². The van der Waals surface area contributed by atoms with Crippen LogP contribution in [0.5, 0.6) is 17.2 Å². The highest BCUT2D eigenvalue weighted by molar-refractivity contribution is 8.03. The van der Waals surface area contributed by atoms with Gasteiger partial charge in [-0.3, -0.25) is 0 Å². The van der Waals surface area contributed by atoms with Gasteiger partial charge in [0.1, 0.15) is 28.8 Å². The quantitative estimate of drug-likeness (QED) is 0.192. The van der Waals surface area contributed by atoms with E-state index in [4.69, 9.17) is 23.7 Å². The first kappa shape index (κ1) is 26.3. The van der Waals surface area contributed by atoms with Crippen molar-refractivity contribution < 1.29 is 38.4 Å². The number of carbonyl (C=O) groups is 2. The smallest absolute Gasteiger partial charge is 0.342 e. The molecule has 0 unspecified atom stereocenters. The second-order valence-electron chi connectivity index (χ2n) is 7.72. The average Bonchev–Trinajstić information content (AvgIpc) is 3.40. The molecule has 0 aliphatic carbocycles. The highest BCUT2D eigenvalue weighted by Crippen LogP contribution is 2.34. The number of aliphatic carboxylic acids is 1. The lowest BCUT2D eigenvalue weighted by Crippen LogP contribution is -2.00. The van der Waals surface area contributed by atoms with E-state index in [1.54, 1.807) is 54.6 Å². The van der Waals surface area contributed by atoms with Gasteiger partial charge in [-0.15, -0.1) is 10.2 Å². The number of hydrogen-bond acceptors (Lipinski definition) is 9. The Morgan fingerprint density at radius 2 is 1.63 bits per heavy atom. The summed E-state index contributed by atoms with van der Waals surface area (Å²) < 4.78 is 22.1. The van der Waals surface area contributed by atoms with Crippen LogP contribution in [-0.2, 0) is 11.4 Å². The van der Waals surface area contributed by atoms with Crippen LogP contribution in [0.15, 0.2) is 81.3 Å². The van der Waals surface area contributed by atoms with Crippen LogP contribution in [-0.4, -0.2) is 46.6 Å². The first-order chi connectivity index (χ1) is 18.4. The molecule has 0 radical (unpaired) electrons. The van der Waals surface area contributed by atoms with Crippen LogP contribution in [0.1, 0.15) is 21.5 Å². The lowest BCUT2D eigenvalue weighted by molar-refractivity contribution is -0.131. The van der Waals surface area contributed by atoms with Gasteiger partial charge >= 0.3 is 11.9 Å². The minimum absolute atomic E-state index is 0.0346. The molecule has 0 spiro atoms. The fourth-order valence-electron chi connectivity index (χ4n) is 3.30. The number of thioether (sulfide) groups is 1. The first-order valence-electron chi connectivity index (χ1n) is 11.1. The predicted octanol–water partition coefficient (Wildman–Crippen LogP) is 5.25. The molecule has 0 amide bonds. The number of nitrogens with zero attached hydrogens (tertiary/aromatic N) is 2. The molecule has 3 aromatic carbocycles. The number of para-hydroxylation sites is 1. The summed E-state index contributed by atoms with van der Waals surface area (Å²) >= 11 is 0.802. The Bertz CT molecular complexity index is 1460. The Morgan fingerprint density at radius 3 is 2.26 bits per heavy atom. The number of aromatic nitrogens is 2. The Morgan fingerprint density at radius 1 is 0.947 bits per heavy atom. The van der Waals surface area contributed by atoms with Crippen molar-refractivity contribution >= 4 is 29.8 Å². The maximum Gasteiger partial charge on any atom is 0.342 e. The summed E-state index contributed by atoms with van der Waals surface area (Å²) in [6, 6.07) is 18.3. The molecule has 0 aliphatic rings. The lowest BCUT2D eigenvalue weighted by atomic mass is 10.1. The molecule has 11 heteroatoms. The monoisotopic (exact) mass is 534 g/mol. The summed E-state index contributed by atoms with van der Waals surface area (Å²) in [5.74, 6) is -0.504. The normalized spacial score (nSPS) is 11.2. The Kier molecular flexibility index (Phi) is 8.29. The zero-order valence-electron chi connectivity index (χ0n) is 20.3. The standard InChI is InChI=1S/C27H22N2O8S/c1-34-20-11-19(12-21(14-20)35-2)24-28-29-27(37-24)38-23(26(32)33)13-18-5-3-4-6-22(18)36-15-16-7-9-17(10-8-16)25(30)31/h3-14H,15H2,1-2H3,(H,30,31)(H,32,33)/b23-13-. The number of benzene rings is 3. The minimum Gasteiger partial charge on any atom is -0.497 e. The van der Waals surface area contributed by atoms with Crippen LogP contribution in [0.25, 0.3) is 17.5 Å². The van der Waals surface area contributed by atoms with Gasteiger partial charge in [0.2, 0.25) is 5.89 Å². The van der Waals surface area contributed by atoms with Gasteiger partial charge in [-0.25, -0.2) is 9.59 Å². The van der Waals surface area contributed by atoms with Crippen molar-refractivity contribution in [2.45, 2.75) is 11.8 Å². The van der Waals surface area contributed by atoms with Crippen molar-refractivity contribution in [1.29, 1.82) is 0 Å². The summed E-state index contributed by atoms with van der Waals surface area (Å²) in [4.78, 5) is 23.0. The third-order valence-electron chi connectivity index (χ3n) is 5.21. The van der Waals surface area contributed by atoms with E-state index in [-0.39, 0.29) is 28.2 Å². The van der Waals surface area contributed by atoms with E-state index in [0.29, 0.717) is 28.4 Å². The van der Waals surface area contributed by atoms with Gasteiger partial charge < -0.3 is 28.8 Å². The van der Waals surface area contributed by atoms with Crippen LogP contribution < -0.4 is 14.2 Å². The number of hydrogen-bond donors (Lipinski definition) is 2. The molecule has 0 aliphatic heterocycles. The second kappa shape index (κ2) is 12.0. The molecule has 10 nitrogen and oxygen atoms in total. The Hall–Kier alpha value is -4.77. The maximum absolute atomic E-state index is 12.0. The summed E-state index contributed by atoms with van der Waals surface area (Å²) in [5, 5.41) is 26.9. The lowest BCUT2D eigenvalue weighted by Gasteiger charge is -2.10. The highest BCUT2D eigenvalue weighted by atomic mass is 32.2. The van der Waals surface area contributed by atoms with Crippen LogP contribution in [0.2, 0.25) is 0 Å². The van der Waals surface area contributed by atoms with Gasteiger partial charge in [0.05, 0.1) is 19.8 Å². The van der Waals surface area contributed by atoms with Gasteiger partial charge in [0.15, 0.2) is 0 Å². The van der Waals surface area contributed by atoms with Gasteiger partial charge in [-0.05, 0) is 53.7 Å². The van der Waals surface area contributed by atoms with Gasteiger partial charge in [-0.2, -0.15) is 0 Å². The van der Waals surface area contributed by atoms with E-state index < -0.39 is 11.9 Å². The zero-order valence-corrected chi connectivity index (χ0v) is 21.1. The molecule has 1 heterocycles. The van der Waals surface area contributed by atoms with Crippen LogP contribution in [0, 0.1) is 0 Å². The fourth-order valence-corrected chi connectivity index (χ4v) is 3.97. The number of carboxylic acid groups (broad SMARTS) is 2. The topological polar surface area (TPSA) is 141 Å². The van der Waals surface area contributed by atoms with E-state index in [0.717, 1.165) is 17.3 Å². The molecule has 0 atom stereocenters. The average molecular weight is 535 g/mol. The molecule has 2 N–H and O–H groups in total. The third kappa shape index (κ3) is 6.51. The van der Waals surface area contributed by atoms with Crippen LogP contribution in [0.4, 0.5) is 0 Å². The molecule has 0 fully saturated rings. The number of methoxy groups -OCH3 is 2. The molecule has 194 valence electrons. The van der Waals surface area contributed by atoms with Crippen molar-refractivity contribution in [1.82, 2.24) is 10.2 Å². The van der Waals surface area contributed by atoms with E-state index in [9.17, 15) is 14.7 Å². The molecule has 0 bridgehead atoms. The molecular weight excluding hydrogens is 512 g/mol. The van der Waals surface area contributed by atoms with E-state index in [1.807, 2.05) is 0 Å². The molecule has 0 saturated heterocycles. The van der Waals surface area contributed by atoms with Crippen LogP contribution >= 0.6 is 11.8 Å². The molecule has 1 aromatic heterocycles. The predicted molar refractivity (Wildman–Crippen MR) is 138 cm³/mol. The fraction of sp³-hybridized carbons (Fsp3) is 0.111. The Labute approximate surface area is 221 Å². The van der Waals surface area contributed by atoms with E-state index >= 15 is 0 Å². The van der Waals surface area contributed by atoms with Crippen molar-refractivity contribution in [2.24, 2.45) is 0 Å². The maximum atomic E-state index is 12.0. The largest absolute Gasteiger partial charge is 0.497 e. The van der Waals surface area contributed by atoms with Crippen LogP contribution in [0.3, 0.4) is 0 Å². The minimum atomic E-state index is -1.18. The molecule has 4 rings (SSSR count). The number of aromatic carboxylic acids is 1.